The van der Waals surface area contributed by atoms with E-state index in [-0.39, 0.29) is 0 Å². The number of fused-ring (bicyclic) bond motifs is 1. The van der Waals surface area contributed by atoms with E-state index in [2.05, 4.69) is 25.1 Å². The van der Waals surface area contributed by atoms with Gasteiger partial charge < -0.3 is 4.74 Å². The van der Waals surface area contributed by atoms with Crippen molar-refractivity contribution in [2.24, 2.45) is 0 Å². The predicted octanol–water partition coefficient (Wildman–Crippen LogP) is 3.42. The van der Waals surface area contributed by atoms with Crippen LogP contribution in [0.25, 0.3) is 10.8 Å². The molecule has 2 aromatic carbocycles. The SMILES string of the molecule is [CH2]c1ccc2c(OCC)cccc2c1. The Morgan fingerprint density at radius 3 is 2.86 bits per heavy atom. The lowest BCUT2D eigenvalue weighted by molar-refractivity contribution is 0.344. The zero-order valence-electron chi connectivity index (χ0n) is 8.29. The summed E-state index contributed by atoms with van der Waals surface area (Å²) < 4.78 is 5.54. The van der Waals surface area contributed by atoms with Gasteiger partial charge >= 0.3 is 0 Å². The van der Waals surface area contributed by atoms with Crippen LogP contribution in [0.3, 0.4) is 0 Å². The molecule has 14 heavy (non-hydrogen) atoms. The van der Waals surface area contributed by atoms with E-state index in [0.29, 0.717) is 6.61 Å². The molecule has 0 amide bonds. The van der Waals surface area contributed by atoms with E-state index < -0.39 is 0 Å². The van der Waals surface area contributed by atoms with Crippen LogP contribution in [0.1, 0.15) is 12.5 Å². The molecule has 0 aliphatic heterocycles. The van der Waals surface area contributed by atoms with Crippen LogP contribution in [-0.4, -0.2) is 6.61 Å². The van der Waals surface area contributed by atoms with Crippen LogP contribution in [0.4, 0.5) is 0 Å². The number of hydrogen-bond donors (Lipinski definition) is 0. The highest BCUT2D eigenvalue weighted by Gasteiger charge is 2.00. The Balaban J connectivity index is 2.62. The molecule has 0 bridgehead atoms. The molecule has 71 valence electrons. The Bertz CT molecular complexity index is 446. The summed E-state index contributed by atoms with van der Waals surface area (Å²) in [6.07, 6.45) is 0. The van der Waals surface area contributed by atoms with Crippen molar-refractivity contribution >= 4 is 10.8 Å². The molecule has 2 aromatic rings. The molecule has 2 rings (SSSR count). The molecule has 0 aliphatic rings. The summed E-state index contributed by atoms with van der Waals surface area (Å²) in [4.78, 5) is 0. The van der Waals surface area contributed by atoms with Crippen molar-refractivity contribution in [3.05, 3.63) is 48.9 Å². The van der Waals surface area contributed by atoms with E-state index in [4.69, 9.17) is 4.74 Å². The molecule has 0 N–H and O–H groups in total. The highest BCUT2D eigenvalue weighted by molar-refractivity contribution is 5.88. The summed E-state index contributed by atoms with van der Waals surface area (Å²) in [6, 6.07) is 12.2. The minimum atomic E-state index is 0.700. The lowest BCUT2D eigenvalue weighted by atomic mass is 10.1. The average Bonchev–Trinajstić information content (AvgIpc) is 2.18. The number of rotatable bonds is 2. The maximum Gasteiger partial charge on any atom is 0.127 e. The molecule has 1 heteroatoms. The van der Waals surface area contributed by atoms with Gasteiger partial charge in [-0.25, -0.2) is 0 Å². The Kier molecular flexibility index (Phi) is 2.40. The molecule has 1 nitrogen and oxygen atoms in total. The molecule has 0 saturated heterocycles. The largest absolute Gasteiger partial charge is 0.493 e. The molecule has 0 aromatic heterocycles. The first-order chi connectivity index (χ1) is 6.81. The number of ether oxygens (including phenoxy) is 1. The van der Waals surface area contributed by atoms with Gasteiger partial charge in [-0.3, -0.25) is 0 Å². The van der Waals surface area contributed by atoms with Gasteiger partial charge in [0.25, 0.3) is 0 Å². The quantitative estimate of drug-likeness (QED) is 0.696. The molecule has 0 fully saturated rings. The number of hydrogen-bond acceptors (Lipinski definition) is 1. The fourth-order valence-electron chi connectivity index (χ4n) is 1.58. The third kappa shape index (κ3) is 1.58. The summed E-state index contributed by atoms with van der Waals surface area (Å²) in [5, 5.41) is 2.34. The summed E-state index contributed by atoms with van der Waals surface area (Å²) >= 11 is 0. The smallest absolute Gasteiger partial charge is 0.127 e. The summed E-state index contributed by atoms with van der Waals surface area (Å²) in [5.74, 6) is 0.949. The van der Waals surface area contributed by atoms with Crippen molar-refractivity contribution in [2.75, 3.05) is 6.61 Å². The van der Waals surface area contributed by atoms with Gasteiger partial charge in [-0.05, 0) is 30.9 Å². The van der Waals surface area contributed by atoms with Gasteiger partial charge in [0, 0.05) is 5.39 Å². The van der Waals surface area contributed by atoms with Crippen LogP contribution in [0.2, 0.25) is 0 Å². The van der Waals surface area contributed by atoms with Crippen LogP contribution >= 0.6 is 0 Å². The highest BCUT2D eigenvalue weighted by atomic mass is 16.5. The molecule has 1 radical (unpaired) electrons. The Morgan fingerprint density at radius 1 is 1.21 bits per heavy atom. The van der Waals surface area contributed by atoms with Gasteiger partial charge in [-0.2, -0.15) is 0 Å². The van der Waals surface area contributed by atoms with E-state index >= 15 is 0 Å². The summed E-state index contributed by atoms with van der Waals surface area (Å²) in [5.41, 5.74) is 1.03. The van der Waals surface area contributed by atoms with Crippen molar-refractivity contribution < 1.29 is 4.74 Å². The van der Waals surface area contributed by atoms with Gasteiger partial charge in [0.05, 0.1) is 6.61 Å². The van der Waals surface area contributed by atoms with Crippen molar-refractivity contribution in [3.63, 3.8) is 0 Å². The van der Waals surface area contributed by atoms with Gasteiger partial charge in [-0.15, -0.1) is 0 Å². The Hall–Kier alpha value is -1.50. The fraction of sp³-hybridized carbons (Fsp3) is 0.154. The minimum Gasteiger partial charge on any atom is -0.493 e. The molecular formula is C13H13O. The van der Waals surface area contributed by atoms with Gasteiger partial charge in [-0.1, -0.05) is 30.3 Å². The molecule has 0 aliphatic carbocycles. The van der Waals surface area contributed by atoms with Crippen molar-refractivity contribution in [3.8, 4) is 5.75 Å². The van der Waals surface area contributed by atoms with Crippen molar-refractivity contribution in [1.29, 1.82) is 0 Å². The van der Waals surface area contributed by atoms with E-state index in [1.165, 1.54) is 5.39 Å². The third-order valence-electron chi connectivity index (χ3n) is 2.20. The van der Waals surface area contributed by atoms with Crippen molar-refractivity contribution in [2.45, 2.75) is 6.92 Å². The summed E-state index contributed by atoms with van der Waals surface area (Å²) in [7, 11) is 0. The monoisotopic (exact) mass is 185 g/mol. The first-order valence-corrected chi connectivity index (χ1v) is 4.79. The van der Waals surface area contributed by atoms with E-state index in [9.17, 15) is 0 Å². The minimum absolute atomic E-state index is 0.700. The fourth-order valence-corrected chi connectivity index (χ4v) is 1.58. The second-order valence-corrected chi connectivity index (χ2v) is 3.24. The van der Waals surface area contributed by atoms with Crippen molar-refractivity contribution in [1.82, 2.24) is 0 Å². The predicted molar refractivity (Wildman–Crippen MR) is 59.6 cm³/mol. The molecular weight excluding hydrogens is 172 g/mol. The lowest BCUT2D eigenvalue weighted by Crippen LogP contribution is -1.91. The van der Waals surface area contributed by atoms with Crippen LogP contribution in [0.15, 0.2) is 36.4 Å². The Morgan fingerprint density at radius 2 is 2.07 bits per heavy atom. The molecule has 0 saturated carbocycles. The third-order valence-corrected chi connectivity index (χ3v) is 2.20. The van der Waals surface area contributed by atoms with Crippen LogP contribution < -0.4 is 4.74 Å². The maximum absolute atomic E-state index is 5.54. The molecule has 0 heterocycles. The van der Waals surface area contributed by atoms with Crippen LogP contribution in [0, 0.1) is 6.92 Å². The zero-order valence-corrected chi connectivity index (χ0v) is 8.29. The first-order valence-electron chi connectivity index (χ1n) is 4.79. The van der Waals surface area contributed by atoms with Gasteiger partial charge in [0.15, 0.2) is 0 Å². The maximum atomic E-state index is 5.54. The standard InChI is InChI=1S/C13H13O/c1-3-14-13-6-4-5-11-9-10(2)7-8-12(11)13/h4-9H,2-3H2,1H3. The highest BCUT2D eigenvalue weighted by Crippen LogP contribution is 2.26. The number of benzene rings is 2. The van der Waals surface area contributed by atoms with Crippen LogP contribution in [-0.2, 0) is 0 Å². The average molecular weight is 185 g/mol. The Labute approximate surface area is 84.3 Å². The first kappa shape index (κ1) is 9.07. The normalized spacial score (nSPS) is 10.4. The second-order valence-electron chi connectivity index (χ2n) is 3.24. The van der Waals surface area contributed by atoms with Crippen LogP contribution in [0.5, 0.6) is 5.75 Å². The van der Waals surface area contributed by atoms with E-state index in [1.807, 2.05) is 25.1 Å². The second kappa shape index (κ2) is 3.70. The topological polar surface area (TPSA) is 9.23 Å². The van der Waals surface area contributed by atoms with Gasteiger partial charge in [0.1, 0.15) is 5.75 Å². The van der Waals surface area contributed by atoms with E-state index in [1.54, 1.807) is 0 Å². The van der Waals surface area contributed by atoms with Gasteiger partial charge in [0.2, 0.25) is 0 Å². The van der Waals surface area contributed by atoms with E-state index in [0.717, 1.165) is 16.7 Å². The molecule has 0 unspecified atom stereocenters. The molecule has 0 atom stereocenters. The zero-order chi connectivity index (χ0) is 9.97. The summed E-state index contributed by atoms with van der Waals surface area (Å²) in [6.45, 7) is 6.60. The molecule has 0 spiro atoms. The lowest BCUT2D eigenvalue weighted by Gasteiger charge is -2.07.